The fraction of sp³-hybridized carbons (Fsp3) is 0.0270. The van der Waals surface area contributed by atoms with Crippen molar-refractivity contribution in [3.05, 3.63) is 138 Å². The number of hydrogen-bond donors (Lipinski definition) is 0. The Morgan fingerprint density at radius 1 is 0.744 bits per heavy atom. The van der Waals surface area contributed by atoms with Crippen molar-refractivity contribution in [1.29, 1.82) is 0 Å². The summed E-state index contributed by atoms with van der Waals surface area (Å²) in [5.74, 6) is -0.687. The zero-order valence-electron chi connectivity index (χ0n) is 23.4. The Morgan fingerprint density at radius 3 is 2.30 bits per heavy atom. The summed E-state index contributed by atoms with van der Waals surface area (Å²) < 4.78 is 2.10. The highest BCUT2D eigenvalue weighted by molar-refractivity contribution is 6.36. The van der Waals surface area contributed by atoms with Gasteiger partial charge in [-0.25, -0.2) is 9.89 Å². The summed E-state index contributed by atoms with van der Waals surface area (Å²) in [6.07, 6.45) is 3.14. The molecule has 2 amide bonds. The van der Waals surface area contributed by atoms with Gasteiger partial charge in [-0.05, 0) is 60.7 Å². The van der Waals surface area contributed by atoms with Gasteiger partial charge in [0, 0.05) is 22.5 Å². The molecule has 1 aliphatic rings. The normalized spacial score (nSPS) is 13.4. The third kappa shape index (κ3) is 4.19. The summed E-state index contributed by atoms with van der Waals surface area (Å²) in [5, 5.41) is 2.08. The maximum atomic E-state index is 14.3. The SMILES string of the molecule is C=NC=N/C=C(\C)c1cccc2c3ccccc3n(-c3cccc4c3C(=O)N(c3cccc(-c5ccccc5)c3)C4=O)c12. The van der Waals surface area contributed by atoms with Gasteiger partial charge >= 0.3 is 0 Å². The molecule has 1 aliphatic heterocycles. The topological polar surface area (TPSA) is 67.0 Å². The van der Waals surface area contributed by atoms with E-state index in [1.165, 1.54) is 11.2 Å². The number of aromatic nitrogens is 1. The van der Waals surface area contributed by atoms with Gasteiger partial charge in [-0.2, -0.15) is 0 Å². The molecule has 0 saturated carbocycles. The fourth-order valence-electron chi connectivity index (χ4n) is 5.99. The van der Waals surface area contributed by atoms with Crippen molar-refractivity contribution in [2.45, 2.75) is 6.92 Å². The Balaban J connectivity index is 1.44. The molecule has 6 nitrogen and oxygen atoms in total. The first kappa shape index (κ1) is 26.0. The Hall–Kier alpha value is -5.88. The zero-order valence-corrected chi connectivity index (χ0v) is 23.4. The lowest BCUT2D eigenvalue weighted by molar-refractivity contribution is 0.0926. The van der Waals surface area contributed by atoms with Gasteiger partial charge in [0.25, 0.3) is 11.8 Å². The van der Waals surface area contributed by atoms with Gasteiger partial charge in [0.2, 0.25) is 0 Å². The summed E-state index contributed by atoms with van der Waals surface area (Å²) in [4.78, 5) is 37.4. The van der Waals surface area contributed by atoms with Gasteiger partial charge in [0.1, 0.15) is 6.34 Å². The van der Waals surface area contributed by atoms with Gasteiger partial charge in [0.05, 0.1) is 33.5 Å². The van der Waals surface area contributed by atoms with Gasteiger partial charge in [-0.3, -0.25) is 14.6 Å². The molecular formula is C37H26N4O2. The molecule has 0 fully saturated rings. The van der Waals surface area contributed by atoms with Crippen molar-refractivity contribution in [1.82, 2.24) is 4.57 Å². The lowest BCUT2D eigenvalue weighted by Gasteiger charge is -2.16. The molecule has 5 aromatic carbocycles. The second-order valence-corrected chi connectivity index (χ2v) is 10.4. The van der Waals surface area contributed by atoms with Crippen LogP contribution in [-0.2, 0) is 0 Å². The average molecular weight is 559 g/mol. The molecule has 43 heavy (non-hydrogen) atoms. The molecule has 6 heteroatoms. The highest BCUT2D eigenvalue weighted by Gasteiger charge is 2.39. The minimum atomic E-state index is -0.349. The number of carbonyl (C=O) groups is 2. The maximum absolute atomic E-state index is 14.3. The van der Waals surface area contributed by atoms with E-state index < -0.39 is 0 Å². The molecule has 206 valence electrons. The summed E-state index contributed by atoms with van der Waals surface area (Å²) in [7, 11) is 0. The summed E-state index contributed by atoms with van der Waals surface area (Å²) in [5.41, 5.74) is 7.63. The van der Waals surface area contributed by atoms with Crippen molar-refractivity contribution >= 4 is 57.9 Å². The second kappa shape index (κ2) is 10.5. The molecule has 0 bridgehead atoms. The number of para-hydroxylation sites is 2. The number of carbonyl (C=O) groups excluding carboxylic acids is 2. The molecule has 0 atom stereocenters. The number of aliphatic imine (C=N–C) groups is 2. The van der Waals surface area contributed by atoms with Crippen LogP contribution in [0.4, 0.5) is 5.69 Å². The molecule has 2 heterocycles. The van der Waals surface area contributed by atoms with Crippen LogP contribution in [0.25, 0.3) is 44.2 Å². The minimum Gasteiger partial charge on any atom is -0.308 e. The van der Waals surface area contributed by atoms with Crippen LogP contribution in [0.1, 0.15) is 33.2 Å². The molecule has 0 spiro atoms. The molecule has 0 saturated heterocycles. The largest absolute Gasteiger partial charge is 0.308 e. The van der Waals surface area contributed by atoms with Gasteiger partial charge < -0.3 is 4.57 Å². The lowest BCUT2D eigenvalue weighted by atomic mass is 10.0. The number of nitrogens with zero attached hydrogens (tertiary/aromatic N) is 4. The minimum absolute atomic E-state index is 0.338. The first-order valence-corrected chi connectivity index (χ1v) is 13.9. The van der Waals surface area contributed by atoms with Crippen LogP contribution in [-0.4, -0.2) is 29.4 Å². The number of amides is 2. The molecule has 0 radical (unpaired) electrons. The lowest BCUT2D eigenvalue weighted by Crippen LogP contribution is -2.29. The average Bonchev–Trinajstić information content (AvgIpc) is 3.52. The zero-order chi connectivity index (χ0) is 29.5. The van der Waals surface area contributed by atoms with Crippen LogP contribution in [0.5, 0.6) is 0 Å². The molecule has 1 aromatic heterocycles. The smallest absolute Gasteiger partial charge is 0.268 e. The van der Waals surface area contributed by atoms with E-state index in [1.54, 1.807) is 18.3 Å². The quantitative estimate of drug-likeness (QED) is 0.117. The van der Waals surface area contributed by atoms with Crippen LogP contribution in [0.2, 0.25) is 0 Å². The standard InChI is InChI=1S/C37H26N4O2/c1-24(22-39-23-38-2)28-16-9-17-30-29-15-6-7-19-32(29)41(35(28)30)33-20-10-18-31-34(33)37(43)40(36(31)42)27-14-8-13-26(21-27)25-11-4-3-5-12-25/h3-23H,2H2,1H3/b24-22+,39-23?. The van der Waals surface area contributed by atoms with Gasteiger partial charge in [-0.15, -0.1) is 0 Å². The Morgan fingerprint density at radius 2 is 1.47 bits per heavy atom. The second-order valence-electron chi connectivity index (χ2n) is 10.4. The summed E-state index contributed by atoms with van der Waals surface area (Å²) >= 11 is 0. The Kier molecular flexibility index (Phi) is 6.36. The first-order chi connectivity index (χ1) is 21.1. The third-order valence-corrected chi connectivity index (χ3v) is 7.88. The number of rotatable bonds is 6. The van der Waals surface area contributed by atoms with Crippen molar-refractivity contribution in [2.24, 2.45) is 9.98 Å². The van der Waals surface area contributed by atoms with Crippen LogP contribution in [0.15, 0.2) is 131 Å². The number of hydrogen-bond acceptors (Lipinski definition) is 3. The van der Waals surface area contributed by atoms with E-state index in [1.807, 2.05) is 97.9 Å². The molecule has 0 unspecified atom stereocenters. The molecule has 7 rings (SSSR count). The van der Waals surface area contributed by atoms with Crippen molar-refractivity contribution in [2.75, 3.05) is 4.90 Å². The van der Waals surface area contributed by atoms with E-state index in [-0.39, 0.29) is 11.8 Å². The van der Waals surface area contributed by atoms with E-state index in [4.69, 9.17) is 0 Å². The number of fused-ring (bicyclic) bond motifs is 4. The van der Waals surface area contributed by atoms with E-state index in [0.717, 1.165) is 44.1 Å². The molecule has 6 aromatic rings. The van der Waals surface area contributed by atoms with Crippen molar-refractivity contribution < 1.29 is 9.59 Å². The van der Waals surface area contributed by atoms with Crippen LogP contribution in [0.3, 0.4) is 0 Å². The Labute approximate surface area is 248 Å². The predicted octanol–water partition coefficient (Wildman–Crippen LogP) is 8.34. The molecular weight excluding hydrogens is 532 g/mol. The maximum Gasteiger partial charge on any atom is 0.268 e. The highest BCUT2D eigenvalue weighted by atomic mass is 16.2. The first-order valence-electron chi connectivity index (χ1n) is 13.9. The molecule has 0 aliphatic carbocycles. The number of imide groups is 1. The van der Waals surface area contributed by atoms with E-state index in [0.29, 0.717) is 22.5 Å². The van der Waals surface area contributed by atoms with Gasteiger partial charge in [0.15, 0.2) is 0 Å². The van der Waals surface area contributed by atoms with E-state index >= 15 is 0 Å². The van der Waals surface area contributed by atoms with Crippen molar-refractivity contribution in [3.63, 3.8) is 0 Å². The summed E-state index contributed by atoms with van der Waals surface area (Å²) in [6.45, 7) is 5.45. The van der Waals surface area contributed by atoms with Crippen LogP contribution < -0.4 is 4.90 Å². The summed E-state index contributed by atoms with van der Waals surface area (Å²) in [6, 6.07) is 37.2. The predicted molar refractivity (Wildman–Crippen MR) is 175 cm³/mol. The van der Waals surface area contributed by atoms with Crippen LogP contribution >= 0.6 is 0 Å². The van der Waals surface area contributed by atoms with E-state index in [2.05, 4.69) is 33.4 Å². The highest BCUT2D eigenvalue weighted by Crippen LogP contribution is 2.40. The van der Waals surface area contributed by atoms with Gasteiger partial charge in [-0.1, -0.05) is 84.9 Å². The van der Waals surface area contributed by atoms with Crippen LogP contribution in [0, 0.1) is 0 Å². The monoisotopic (exact) mass is 558 g/mol. The molecule has 0 N–H and O–H groups in total. The number of anilines is 1. The van der Waals surface area contributed by atoms with Crippen molar-refractivity contribution in [3.8, 4) is 16.8 Å². The Bertz CT molecular complexity index is 2150. The van der Waals surface area contributed by atoms with E-state index in [9.17, 15) is 9.59 Å². The number of allylic oxidation sites excluding steroid dienone is 1. The fourth-order valence-corrected chi connectivity index (χ4v) is 5.99. The number of benzene rings is 5. The third-order valence-electron chi connectivity index (χ3n) is 7.88.